The molecule has 0 aromatic carbocycles. The summed E-state index contributed by atoms with van der Waals surface area (Å²) in [5, 5.41) is 4.31. The second-order valence-electron chi connectivity index (χ2n) is 3.28. The van der Waals surface area contributed by atoms with Crippen molar-refractivity contribution < 1.29 is 0 Å². The summed E-state index contributed by atoms with van der Waals surface area (Å²) in [5.74, 6) is 2.69. The maximum absolute atomic E-state index is 4.38. The van der Waals surface area contributed by atoms with Crippen LogP contribution < -0.4 is 0 Å². The Morgan fingerprint density at radius 2 is 2.08 bits per heavy atom. The van der Waals surface area contributed by atoms with Gasteiger partial charge in [0.05, 0.1) is 0 Å². The van der Waals surface area contributed by atoms with Gasteiger partial charge >= 0.3 is 0 Å². The molecule has 1 aromatic heterocycles. The van der Waals surface area contributed by atoms with E-state index in [1.807, 2.05) is 25.5 Å². The van der Waals surface area contributed by atoms with Gasteiger partial charge < -0.3 is 0 Å². The average molecular weight is 181 g/mol. The molecule has 0 fully saturated rings. The zero-order valence-corrected chi connectivity index (χ0v) is 9.04. The molecule has 1 aromatic rings. The third-order valence-electron chi connectivity index (χ3n) is 2.25. The van der Waals surface area contributed by atoms with Gasteiger partial charge in [0.25, 0.3) is 0 Å². The summed E-state index contributed by atoms with van der Waals surface area (Å²) in [7, 11) is 0. The van der Waals surface area contributed by atoms with Crippen LogP contribution in [0.2, 0.25) is 0 Å². The van der Waals surface area contributed by atoms with Crippen molar-refractivity contribution in [2.24, 2.45) is 0 Å². The van der Waals surface area contributed by atoms with Crippen molar-refractivity contribution in [3.05, 3.63) is 11.6 Å². The Hall–Kier alpha value is -0.860. The number of fused-ring (bicyclic) bond motifs is 1. The Labute approximate surface area is 80.2 Å². The maximum Gasteiger partial charge on any atom is 0.147 e. The summed E-state index contributed by atoms with van der Waals surface area (Å²) in [6.45, 7) is 9.23. The normalized spacial score (nSPS) is 20.2. The highest BCUT2D eigenvalue weighted by atomic mass is 15.3. The lowest BCUT2D eigenvalue weighted by atomic mass is 10.0. The monoisotopic (exact) mass is 181 g/mol. The van der Waals surface area contributed by atoms with E-state index in [0.717, 1.165) is 12.4 Å². The van der Waals surface area contributed by atoms with Crippen LogP contribution in [-0.4, -0.2) is 14.8 Å². The molecule has 0 spiro atoms. The standard InChI is InChI=1S/C8H13N3.C2H6/c1-6-4-3-5-11-8(6)9-7(2)10-11;1-2/h6H,3-5H2,1-2H3;1-2H3. The van der Waals surface area contributed by atoms with Crippen LogP contribution in [-0.2, 0) is 6.54 Å². The predicted molar refractivity (Wildman–Crippen MR) is 53.8 cm³/mol. The van der Waals surface area contributed by atoms with Crippen LogP contribution in [0.3, 0.4) is 0 Å². The van der Waals surface area contributed by atoms with Crippen LogP contribution in [0.1, 0.15) is 51.2 Å². The van der Waals surface area contributed by atoms with E-state index in [-0.39, 0.29) is 0 Å². The van der Waals surface area contributed by atoms with E-state index in [1.165, 1.54) is 18.7 Å². The first-order valence-corrected chi connectivity index (χ1v) is 5.18. The molecule has 13 heavy (non-hydrogen) atoms. The summed E-state index contributed by atoms with van der Waals surface area (Å²) in [4.78, 5) is 4.38. The molecule has 2 heterocycles. The highest BCUT2D eigenvalue weighted by Gasteiger charge is 2.18. The van der Waals surface area contributed by atoms with Gasteiger partial charge in [-0.05, 0) is 19.8 Å². The second-order valence-corrected chi connectivity index (χ2v) is 3.28. The van der Waals surface area contributed by atoms with Gasteiger partial charge in [-0.2, -0.15) is 5.10 Å². The number of aromatic nitrogens is 3. The third-order valence-corrected chi connectivity index (χ3v) is 2.25. The van der Waals surface area contributed by atoms with Gasteiger partial charge in [-0.3, -0.25) is 0 Å². The topological polar surface area (TPSA) is 30.7 Å². The Morgan fingerprint density at radius 1 is 1.38 bits per heavy atom. The van der Waals surface area contributed by atoms with E-state index in [0.29, 0.717) is 5.92 Å². The molecule has 1 aliphatic heterocycles. The van der Waals surface area contributed by atoms with Crippen LogP contribution >= 0.6 is 0 Å². The van der Waals surface area contributed by atoms with Crippen LogP contribution in [0.5, 0.6) is 0 Å². The lowest BCUT2D eigenvalue weighted by Gasteiger charge is -2.17. The fraction of sp³-hybridized carbons (Fsp3) is 0.800. The van der Waals surface area contributed by atoms with E-state index in [4.69, 9.17) is 0 Å². The first kappa shape index (κ1) is 10.2. The van der Waals surface area contributed by atoms with E-state index in [2.05, 4.69) is 17.0 Å². The minimum absolute atomic E-state index is 0.602. The van der Waals surface area contributed by atoms with E-state index >= 15 is 0 Å². The Kier molecular flexibility index (Phi) is 3.46. The lowest BCUT2D eigenvalue weighted by Crippen LogP contribution is -2.14. The largest absolute Gasteiger partial charge is 0.250 e. The highest BCUT2D eigenvalue weighted by molar-refractivity contribution is 5.00. The molecule has 0 N–H and O–H groups in total. The average Bonchev–Trinajstić information content (AvgIpc) is 2.51. The van der Waals surface area contributed by atoms with Crippen molar-refractivity contribution in [3.63, 3.8) is 0 Å². The first-order chi connectivity index (χ1) is 6.27. The molecule has 0 saturated heterocycles. The minimum atomic E-state index is 0.602. The quantitative estimate of drug-likeness (QED) is 0.615. The molecule has 0 aliphatic carbocycles. The third kappa shape index (κ3) is 2.08. The number of hydrogen-bond donors (Lipinski definition) is 0. The van der Waals surface area contributed by atoms with Gasteiger partial charge in [-0.15, -0.1) is 0 Å². The molecule has 0 saturated carbocycles. The zero-order valence-electron chi connectivity index (χ0n) is 9.04. The van der Waals surface area contributed by atoms with Crippen molar-refractivity contribution >= 4 is 0 Å². The van der Waals surface area contributed by atoms with E-state index in [9.17, 15) is 0 Å². The van der Waals surface area contributed by atoms with Crippen LogP contribution in [0.25, 0.3) is 0 Å². The molecule has 3 heteroatoms. The van der Waals surface area contributed by atoms with Crippen molar-refractivity contribution in [1.82, 2.24) is 14.8 Å². The van der Waals surface area contributed by atoms with Crippen LogP contribution in [0, 0.1) is 6.92 Å². The highest BCUT2D eigenvalue weighted by Crippen LogP contribution is 2.23. The molecule has 1 unspecified atom stereocenters. The van der Waals surface area contributed by atoms with Gasteiger partial charge in [-0.25, -0.2) is 9.67 Å². The maximum atomic E-state index is 4.38. The Bertz CT molecular complexity index is 265. The molecule has 0 radical (unpaired) electrons. The van der Waals surface area contributed by atoms with E-state index in [1.54, 1.807) is 0 Å². The summed E-state index contributed by atoms with van der Waals surface area (Å²) < 4.78 is 2.05. The molecule has 0 amide bonds. The molecule has 1 aliphatic rings. The van der Waals surface area contributed by atoms with Crippen LogP contribution in [0.4, 0.5) is 0 Å². The number of nitrogens with zero attached hydrogens (tertiary/aromatic N) is 3. The second kappa shape index (κ2) is 4.40. The van der Waals surface area contributed by atoms with Gasteiger partial charge in [-0.1, -0.05) is 20.8 Å². The number of rotatable bonds is 0. The molecule has 74 valence electrons. The summed E-state index contributed by atoms with van der Waals surface area (Å²) in [5.41, 5.74) is 0. The SMILES string of the molecule is CC.Cc1nc2n(n1)CCCC2C. The Balaban J connectivity index is 0.000000396. The van der Waals surface area contributed by atoms with Gasteiger partial charge in [0, 0.05) is 12.5 Å². The first-order valence-electron chi connectivity index (χ1n) is 5.18. The predicted octanol–water partition coefficient (Wildman–Crippen LogP) is 2.51. The van der Waals surface area contributed by atoms with Crippen molar-refractivity contribution in [1.29, 1.82) is 0 Å². The molecule has 1 atom stereocenters. The molecule has 3 nitrogen and oxygen atoms in total. The molecule has 2 rings (SSSR count). The number of aryl methyl sites for hydroxylation is 2. The lowest BCUT2D eigenvalue weighted by molar-refractivity contribution is 0.432. The minimum Gasteiger partial charge on any atom is -0.250 e. The fourth-order valence-corrected chi connectivity index (χ4v) is 1.68. The fourth-order valence-electron chi connectivity index (χ4n) is 1.68. The molecular formula is C10H19N3. The summed E-state index contributed by atoms with van der Waals surface area (Å²) >= 11 is 0. The smallest absolute Gasteiger partial charge is 0.147 e. The van der Waals surface area contributed by atoms with E-state index < -0.39 is 0 Å². The van der Waals surface area contributed by atoms with Gasteiger partial charge in [0.1, 0.15) is 11.6 Å². The van der Waals surface area contributed by atoms with Crippen molar-refractivity contribution in [2.75, 3.05) is 0 Å². The summed E-state index contributed by atoms with van der Waals surface area (Å²) in [6, 6.07) is 0. The van der Waals surface area contributed by atoms with Gasteiger partial charge in [0.15, 0.2) is 0 Å². The number of hydrogen-bond acceptors (Lipinski definition) is 2. The molecular weight excluding hydrogens is 162 g/mol. The van der Waals surface area contributed by atoms with Crippen molar-refractivity contribution in [3.8, 4) is 0 Å². The zero-order chi connectivity index (χ0) is 9.84. The van der Waals surface area contributed by atoms with Crippen molar-refractivity contribution in [2.45, 2.75) is 53.0 Å². The summed E-state index contributed by atoms with van der Waals surface area (Å²) in [6.07, 6.45) is 2.51. The van der Waals surface area contributed by atoms with Gasteiger partial charge in [0.2, 0.25) is 0 Å². The molecule has 0 bridgehead atoms. The van der Waals surface area contributed by atoms with Crippen LogP contribution in [0.15, 0.2) is 0 Å². The Morgan fingerprint density at radius 3 is 2.69 bits per heavy atom.